The minimum atomic E-state index is 0.198. The van der Waals surface area contributed by atoms with Gasteiger partial charge >= 0.3 is 0 Å². The van der Waals surface area contributed by atoms with Crippen LogP contribution in [0.3, 0.4) is 0 Å². The fraction of sp³-hybridized carbons (Fsp3) is 0.375. The Morgan fingerprint density at radius 2 is 1.77 bits per heavy atom. The van der Waals surface area contributed by atoms with Crippen LogP contribution in [0.4, 0.5) is 0 Å². The number of piperidine rings is 1. The Morgan fingerprint density at radius 3 is 2.53 bits per heavy atom. The molecule has 2 aromatic carbocycles. The molecule has 0 spiro atoms. The van der Waals surface area contributed by atoms with Crippen molar-refractivity contribution in [2.45, 2.75) is 44.2 Å². The molecule has 2 heterocycles. The van der Waals surface area contributed by atoms with Crippen molar-refractivity contribution in [3.8, 4) is 5.69 Å². The van der Waals surface area contributed by atoms with Gasteiger partial charge in [0.15, 0.2) is 5.16 Å². The van der Waals surface area contributed by atoms with E-state index in [1.807, 2.05) is 11.0 Å². The molecule has 5 nitrogen and oxygen atoms in total. The number of rotatable bonds is 7. The van der Waals surface area contributed by atoms with E-state index in [0.29, 0.717) is 5.75 Å². The van der Waals surface area contributed by atoms with E-state index in [-0.39, 0.29) is 5.91 Å². The summed E-state index contributed by atoms with van der Waals surface area (Å²) < 4.78 is 2.12. The number of likely N-dealkylation sites (tertiary alicyclic amines) is 1. The van der Waals surface area contributed by atoms with Gasteiger partial charge in [0, 0.05) is 25.2 Å². The third-order valence-corrected chi connectivity index (χ3v) is 6.39. The Labute approximate surface area is 182 Å². The molecule has 1 fully saturated rings. The van der Waals surface area contributed by atoms with Crippen LogP contribution < -0.4 is 0 Å². The molecule has 156 valence electrons. The molecule has 0 saturated carbocycles. The molecule has 6 heteroatoms. The maximum Gasteiger partial charge on any atom is 0.233 e. The monoisotopic (exact) mass is 420 g/mol. The summed E-state index contributed by atoms with van der Waals surface area (Å²) in [5, 5.41) is 9.74. The van der Waals surface area contributed by atoms with E-state index < -0.39 is 0 Å². The van der Waals surface area contributed by atoms with E-state index in [9.17, 15) is 4.79 Å². The summed E-state index contributed by atoms with van der Waals surface area (Å²) in [5.41, 5.74) is 3.53. The molecule has 1 aliphatic rings. The SMILES string of the molecule is Cc1cccc(-n2c(CCc3ccccc3)nnc2SCC(=O)N2CCCCC2)c1. The van der Waals surface area contributed by atoms with Gasteiger partial charge in [-0.15, -0.1) is 10.2 Å². The highest BCUT2D eigenvalue weighted by Crippen LogP contribution is 2.24. The van der Waals surface area contributed by atoms with Gasteiger partial charge in [-0.1, -0.05) is 54.2 Å². The topological polar surface area (TPSA) is 51.0 Å². The van der Waals surface area contributed by atoms with Gasteiger partial charge in [0.25, 0.3) is 0 Å². The van der Waals surface area contributed by atoms with Crippen LogP contribution in [0.25, 0.3) is 5.69 Å². The van der Waals surface area contributed by atoms with Gasteiger partial charge in [0.1, 0.15) is 5.82 Å². The average molecular weight is 421 g/mol. The molecule has 4 rings (SSSR count). The predicted octanol–water partition coefficient (Wildman–Crippen LogP) is 4.47. The van der Waals surface area contributed by atoms with Crippen molar-refractivity contribution >= 4 is 17.7 Å². The van der Waals surface area contributed by atoms with Crippen LogP contribution in [-0.2, 0) is 17.6 Å². The van der Waals surface area contributed by atoms with Gasteiger partial charge in [-0.25, -0.2) is 0 Å². The van der Waals surface area contributed by atoms with Crippen molar-refractivity contribution in [2.24, 2.45) is 0 Å². The van der Waals surface area contributed by atoms with E-state index in [1.165, 1.54) is 29.3 Å². The fourth-order valence-electron chi connectivity index (χ4n) is 3.84. The third kappa shape index (κ3) is 5.11. The Bertz CT molecular complexity index is 980. The number of thioether (sulfide) groups is 1. The summed E-state index contributed by atoms with van der Waals surface area (Å²) >= 11 is 1.49. The molecule has 0 atom stereocenters. The van der Waals surface area contributed by atoms with Crippen LogP contribution >= 0.6 is 11.8 Å². The van der Waals surface area contributed by atoms with Gasteiger partial charge < -0.3 is 4.90 Å². The minimum absolute atomic E-state index is 0.198. The van der Waals surface area contributed by atoms with Crippen molar-refractivity contribution in [3.63, 3.8) is 0 Å². The number of carbonyl (C=O) groups excluding carboxylic acids is 1. The first-order chi connectivity index (χ1) is 14.7. The first kappa shape index (κ1) is 20.7. The molecule has 0 N–H and O–H groups in total. The number of hydrogen-bond donors (Lipinski definition) is 0. The second-order valence-electron chi connectivity index (χ2n) is 7.79. The largest absolute Gasteiger partial charge is 0.342 e. The second-order valence-corrected chi connectivity index (χ2v) is 8.73. The Morgan fingerprint density at radius 1 is 0.967 bits per heavy atom. The fourth-order valence-corrected chi connectivity index (χ4v) is 4.72. The molecular weight excluding hydrogens is 392 g/mol. The number of benzene rings is 2. The van der Waals surface area contributed by atoms with Crippen LogP contribution in [0.2, 0.25) is 0 Å². The molecule has 30 heavy (non-hydrogen) atoms. The highest BCUT2D eigenvalue weighted by molar-refractivity contribution is 7.99. The molecule has 3 aromatic rings. The maximum absolute atomic E-state index is 12.6. The molecule has 0 radical (unpaired) electrons. The zero-order chi connectivity index (χ0) is 20.8. The van der Waals surface area contributed by atoms with Crippen LogP contribution in [-0.4, -0.2) is 44.4 Å². The van der Waals surface area contributed by atoms with E-state index in [0.717, 1.165) is 55.4 Å². The lowest BCUT2D eigenvalue weighted by atomic mass is 10.1. The summed E-state index contributed by atoms with van der Waals surface area (Å²) in [7, 11) is 0. The predicted molar refractivity (Wildman–Crippen MR) is 121 cm³/mol. The van der Waals surface area contributed by atoms with Crippen LogP contribution in [0.15, 0.2) is 59.8 Å². The van der Waals surface area contributed by atoms with E-state index in [2.05, 4.69) is 70.2 Å². The normalized spacial score (nSPS) is 14.1. The lowest BCUT2D eigenvalue weighted by molar-refractivity contribution is -0.129. The van der Waals surface area contributed by atoms with E-state index in [4.69, 9.17) is 0 Å². The molecule has 0 bridgehead atoms. The number of amides is 1. The molecule has 1 aromatic heterocycles. The zero-order valence-electron chi connectivity index (χ0n) is 17.5. The van der Waals surface area contributed by atoms with Gasteiger partial charge in [-0.3, -0.25) is 9.36 Å². The van der Waals surface area contributed by atoms with Crippen LogP contribution in [0, 0.1) is 6.92 Å². The number of nitrogens with zero attached hydrogens (tertiary/aromatic N) is 4. The van der Waals surface area contributed by atoms with Crippen molar-refractivity contribution in [1.82, 2.24) is 19.7 Å². The van der Waals surface area contributed by atoms with Crippen molar-refractivity contribution in [2.75, 3.05) is 18.8 Å². The minimum Gasteiger partial charge on any atom is -0.342 e. The maximum atomic E-state index is 12.6. The summed E-state index contributed by atoms with van der Waals surface area (Å²) in [5.74, 6) is 1.53. The lowest BCUT2D eigenvalue weighted by Gasteiger charge is -2.26. The van der Waals surface area contributed by atoms with Gasteiger partial charge in [-0.05, 0) is 55.9 Å². The van der Waals surface area contributed by atoms with Gasteiger partial charge in [0.2, 0.25) is 5.91 Å². The Hall–Kier alpha value is -2.60. The summed E-state index contributed by atoms with van der Waals surface area (Å²) in [6, 6.07) is 18.8. The molecule has 0 unspecified atom stereocenters. The number of hydrogen-bond acceptors (Lipinski definition) is 4. The highest BCUT2D eigenvalue weighted by atomic mass is 32.2. The number of aryl methyl sites for hydroxylation is 3. The summed E-state index contributed by atoms with van der Waals surface area (Å²) in [6.45, 7) is 3.85. The van der Waals surface area contributed by atoms with E-state index in [1.54, 1.807) is 0 Å². The van der Waals surface area contributed by atoms with Crippen molar-refractivity contribution in [3.05, 3.63) is 71.5 Å². The van der Waals surface area contributed by atoms with Crippen molar-refractivity contribution < 1.29 is 4.79 Å². The quantitative estimate of drug-likeness (QED) is 0.530. The zero-order valence-corrected chi connectivity index (χ0v) is 18.3. The summed E-state index contributed by atoms with van der Waals surface area (Å²) in [6.07, 6.45) is 5.15. The smallest absolute Gasteiger partial charge is 0.233 e. The van der Waals surface area contributed by atoms with Crippen molar-refractivity contribution in [1.29, 1.82) is 0 Å². The highest BCUT2D eigenvalue weighted by Gasteiger charge is 2.20. The average Bonchev–Trinajstić information content (AvgIpc) is 3.20. The number of carbonyl (C=O) groups is 1. The second kappa shape index (κ2) is 9.94. The lowest BCUT2D eigenvalue weighted by Crippen LogP contribution is -2.36. The Kier molecular flexibility index (Phi) is 6.84. The molecule has 1 saturated heterocycles. The van der Waals surface area contributed by atoms with Gasteiger partial charge in [-0.2, -0.15) is 0 Å². The molecular formula is C24H28N4OS. The first-order valence-corrected chi connectivity index (χ1v) is 11.6. The first-order valence-electron chi connectivity index (χ1n) is 10.7. The molecule has 1 amide bonds. The Balaban J connectivity index is 1.53. The summed E-state index contributed by atoms with van der Waals surface area (Å²) in [4.78, 5) is 14.6. The molecule has 1 aliphatic heterocycles. The van der Waals surface area contributed by atoms with Crippen LogP contribution in [0.1, 0.15) is 36.2 Å². The third-order valence-electron chi connectivity index (χ3n) is 5.47. The van der Waals surface area contributed by atoms with Gasteiger partial charge in [0.05, 0.1) is 5.75 Å². The molecule has 0 aliphatic carbocycles. The van der Waals surface area contributed by atoms with Crippen LogP contribution in [0.5, 0.6) is 0 Å². The van der Waals surface area contributed by atoms with E-state index >= 15 is 0 Å². The standard InChI is InChI=1S/C24H28N4OS/c1-19-9-8-12-21(17-19)28-22(14-13-20-10-4-2-5-11-20)25-26-24(28)30-18-23(29)27-15-6-3-7-16-27/h2,4-5,8-12,17H,3,6-7,13-16,18H2,1H3. The number of aromatic nitrogens is 3.